The lowest BCUT2D eigenvalue weighted by Crippen LogP contribution is -2.30. The van der Waals surface area contributed by atoms with Gasteiger partial charge in [0, 0.05) is 17.6 Å². The van der Waals surface area contributed by atoms with Crippen LogP contribution in [0.5, 0.6) is 0 Å². The zero-order chi connectivity index (χ0) is 11.4. The number of allylic oxidation sites excluding steroid dienone is 1. The molecule has 1 aromatic heterocycles. The first-order valence-electron chi connectivity index (χ1n) is 5.72. The van der Waals surface area contributed by atoms with Crippen molar-refractivity contribution in [3.8, 4) is 0 Å². The molecule has 1 aliphatic rings. The molecule has 88 valence electrons. The van der Waals surface area contributed by atoms with Gasteiger partial charge in [0.2, 0.25) is 0 Å². The molecule has 3 nitrogen and oxygen atoms in total. The average molecular weight is 238 g/mol. The molecule has 1 aliphatic heterocycles. The van der Waals surface area contributed by atoms with Gasteiger partial charge in [-0.25, -0.2) is 4.98 Å². The van der Waals surface area contributed by atoms with Gasteiger partial charge >= 0.3 is 0 Å². The summed E-state index contributed by atoms with van der Waals surface area (Å²) in [5.41, 5.74) is 0. The van der Waals surface area contributed by atoms with Crippen molar-refractivity contribution in [2.45, 2.75) is 38.8 Å². The molecule has 2 heterocycles. The molecule has 4 heteroatoms. The molecule has 1 N–H and O–H groups in total. The molecule has 0 saturated carbocycles. The number of aryl methyl sites for hydroxylation is 1. The Labute approximate surface area is 101 Å². The highest BCUT2D eigenvalue weighted by molar-refractivity contribution is 7.11. The molecule has 0 spiro atoms. The molecule has 0 aliphatic carbocycles. The maximum absolute atomic E-state index is 5.51. The van der Waals surface area contributed by atoms with Crippen LogP contribution in [0.15, 0.2) is 18.5 Å². The van der Waals surface area contributed by atoms with E-state index in [-0.39, 0.29) is 0 Å². The summed E-state index contributed by atoms with van der Waals surface area (Å²) in [6.45, 7) is 5.13. The first kappa shape index (κ1) is 11.6. The number of hydrogen-bond acceptors (Lipinski definition) is 4. The fourth-order valence-corrected chi connectivity index (χ4v) is 2.50. The quantitative estimate of drug-likeness (QED) is 0.876. The maximum Gasteiger partial charge on any atom is 0.110 e. The van der Waals surface area contributed by atoms with E-state index in [1.165, 1.54) is 4.88 Å². The molecule has 0 bridgehead atoms. The zero-order valence-electron chi connectivity index (χ0n) is 9.77. The van der Waals surface area contributed by atoms with Gasteiger partial charge in [0.15, 0.2) is 0 Å². The van der Waals surface area contributed by atoms with Gasteiger partial charge in [0.1, 0.15) is 11.1 Å². The molecule has 0 radical (unpaired) electrons. The molecule has 2 rings (SSSR count). The van der Waals surface area contributed by atoms with Crippen LogP contribution in [0, 0.1) is 6.92 Å². The molecule has 2 atom stereocenters. The number of rotatable bonds is 4. The topological polar surface area (TPSA) is 34.2 Å². The van der Waals surface area contributed by atoms with Gasteiger partial charge in [-0.3, -0.25) is 0 Å². The van der Waals surface area contributed by atoms with Crippen LogP contribution in [0.3, 0.4) is 0 Å². The predicted molar refractivity (Wildman–Crippen MR) is 66.5 cm³/mol. The molecule has 16 heavy (non-hydrogen) atoms. The lowest BCUT2D eigenvalue weighted by Gasteiger charge is -2.21. The second-order valence-corrected chi connectivity index (χ2v) is 5.41. The van der Waals surface area contributed by atoms with Crippen molar-refractivity contribution in [2.24, 2.45) is 0 Å². The van der Waals surface area contributed by atoms with E-state index >= 15 is 0 Å². The number of nitrogens with zero attached hydrogens (tertiary/aromatic N) is 1. The second-order valence-electron chi connectivity index (χ2n) is 4.15. The van der Waals surface area contributed by atoms with E-state index in [9.17, 15) is 0 Å². The zero-order valence-corrected chi connectivity index (χ0v) is 10.6. The van der Waals surface area contributed by atoms with Crippen molar-refractivity contribution in [1.82, 2.24) is 10.3 Å². The molecule has 0 fully saturated rings. The Balaban J connectivity index is 1.79. The molecule has 0 saturated heterocycles. The lowest BCUT2D eigenvalue weighted by molar-refractivity contribution is 0.120. The van der Waals surface area contributed by atoms with Crippen LogP contribution in [0.2, 0.25) is 0 Å². The number of thiazole rings is 1. The SMILES string of the molecule is Cc1cnc(C(C)NCC2CCC=CO2)s1. The molecule has 2 unspecified atom stereocenters. The van der Waals surface area contributed by atoms with Crippen molar-refractivity contribution >= 4 is 11.3 Å². The van der Waals surface area contributed by atoms with E-state index in [0.717, 1.165) is 24.4 Å². The first-order valence-corrected chi connectivity index (χ1v) is 6.53. The molecule has 1 aromatic rings. The smallest absolute Gasteiger partial charge is 0.110 e. The summed E-state index contributed by atoms with van der Waals surface area (Å²) in [5, 5.41) is 4.63. The number of hydrogen-bond donors (Lipinski definition) is 1. The van der Waals surface area contributed by atoms with Gasteiger partial charge in [-0.1, -0.05) is 0 Å². The Kier molecular flexibility index (Phi) is 3.96. The Hall–Kier alpha value is -0.870. The molecule has 0 amide bonds. The van der Waals surface area contributed by atoms with Gasteiger partial charge in [-0.15, -0.1) is 11.3 Å². The van der Waals surface area contributed by atoms with E-state index in [1.54, 1.807) is 11.3 Å². The van der Waals surface area contributed by atoms with Crippen molar-refractivity contribution in [3.05, 3.63) is 28.4 Å². The standard InChI is InChI=1S/C12H18N2OS/c1-9-7-14-12(16-9)10(2)13-8-11-5-3-4-6-15-11/h4,6-7,10-11,13H,3,5,8H2,1-2H3. The molecular formula is C12H18N2OS. The van der Waals surface area contributed by atoms with Crippen LogP contribution in [0.4, 0.5) is 0 Å². The largest absolute Gasteiger partial charge is 0.497 e. The maximum atomic E-state index is 5.51. The van der Waals surface area contributed by atoms with Crippen LogP contribution in [0.1, 0.15) is 35.7 Å². The highest BCUT2D eigenvalue weighted by Crippen LogP contribution is 2.19. The highest BCUT2D eigenvalue weighted by atomic mass is 32.1. The third-order valence-electron chi connectivity index (χ3n) is 2.68. The summed E-state index contributed by atoms with van der Waals surface area (Å²) in [6.07, 6.45) is 8.36. The first-order chi connectivity index (χ1) is 7.75. The van der Waals surface area contributed by atoms with Crippen LogP contribution in [0.25, 0.3) is 0 Å². The van der Waals surface area contributed by atoms with Crippen LogP contribution in [-0.4, -0.2) is 17.6 Å². The van der Waals surface area contributed by atoms with E-state index in [0.29, 0.717) is 12.1 Å². The van der Waals surface area contributed by atoms with E-state index in [2.05, 4.69) is 30.2 Å². The summed E-state index contributed by atoms with van der Waals surface area (Å²) in [6, 6.07) is 0.313. The summed E-state index contributed by atoms with van der Waals surface area (Å²) in [5.74, 6) is 0. The van der Waals surface area contributed by atoms with Crippen LogP contribution < -0.4 is 5.32 Å². The van der Waals surface area contributed by atoms with Crippen molar-refractivity contribution in [1.29, 1.82) is 0 Å². The summed E-state index contributed by atoms with van der Waals surface area (Å²) in [4.78, 5) is 5.65. The summed E-state index contributed by atoms with van der Waals surface area (Å²) in [7, 11) is 0. The third-order valence-corrected chi connectivity index (χ3v) is 3.78. The minimum Gasteiger partial charge on any atom is -0.497 e. The minimum atomic E-state index is 0.313. The predicted octanol–water partition coefficient (Wildman–Crippen LogP) is 2.79. The number of aromatic nitrogens is 1. The Morgan fingerprint density at radius 1 is 1.69 bits per heavy atom. The average Bonchev–Trinajstić information content (AvgIpc) is 2.74. The van der Waals surface area contributed by atoms with Gasteiger partial charge < -0.3 is 10.1 Å². The number of nitrogens with one attached hydrogen (secondary N) is 1. The van der Waals surface area contributed by atoms with Crippen LogP contribution >= 0.6 is 11.3 Å². The summed E-state index contributed by atoms with van der Waals surface area (Å²) < 4.78 is 5.51. The lowest BCUT2D eigenvalue weighted by atomic mass is 10.1. The van der Waals surface area contributed by atoms with E-state index < -0.39 is 0 Å². The fourth-order valence-electron chi connectivity index (χ4n) is 1.70. The minimum absolute atomic E-state index is 0.313. The van der Waals surface area contributed by atoms with Gasteiger partial charge in [-0.2, -0.15) is 0 Å². The highest BCUT2D eigenvalue weighted by Gasteiger charge is 2.14. The summed E-state index contributed by atoms with van der Waals surface area (Å²) >= 11 is 1.75. The Bertz CT molecular complexity index is 362. The van der Waals surface area contributed by atoms with Gasteiger partial charge in [-0.05, 0) is 32.8 Å². The normalized spacial score (nSPS) is 21.8. The molecular weight excluding hydrogens is 220 g/mol. The van der Waals surface area contributed by atoms with Gasteiger partial charge in [0.25, 0.3) is 0 Å². The second kappa shape index (κ2) is 5.46. The van der Waals surface area contributed by atoms with E-state index in [1.807, 2.05) is 12.5 Å². The van der Waals surface area contributed by atoms with E-state index in [4.69, 9.17) is 4.74 Å². The Morgan fingerprint density at radius 3 is 3.19 bits per heavy atom. The monoisotopic (exact) mass is 238 g/mol. The van der Waals surface area contributed by atoms with Crippen LogP contribution in [-0.2, 0) is 4.74 Å². The van der Waals surface area contributed by atoms with Crippen molar-refractivity contribution in [3.63, 3.8) is 0 Å². The van der Waals surface area contributed by atoms with Crippen molar-refractivity contribution in [2.75, 3.05) is 6.54 Å². The fraction of sp³-hybridized carbons (Fsp3) is 0.583. The third kappa shape index (κ3) is 3.06. The molecule has 0 aromatic carbocycles. The number of ether oxygens (including phenoxy) is 1. The van der Waals surface area contributed by atoms with Gasteiger partial charge in [0.05, 0.1) is 12.3 Å². The Morgan fingerprint density at radius 2 is 2.56 bits per heavy atom. The van der Waals surface area contributed by atoms with Crippen molar-refractivity contribution < 1.29 is 4.74 Å².